The lowest BCUT2D eigenvalue weighted by atomic mass is 10.4. The smallest absolute Gasteiger partial charge is 0.224 e. The Morgan fingerprint density at radius 2 is 2.33 bits per heavy atom. The summed E-state index contributed by atoms with van der Waals surface area (Å²) in [6, 6.07) is 0. The molecule has 0 saturated carbocycles. The first kappa shape index (κ1) is 13.4. The molecule has 100 valence electrons. The summed E-state index contributed by atoms with van der Waals surface area (Å²) in [7, 11) is 0. The minimum atomic E-state index is 0.596. The fourth-order valence-corrected chi connectivity index (χ4v) is 2.07. The number of anilines is 2. The van der Waals surface area contributed by atoms with Crippen LogP contribution in [0.4, 0.5) is 11.8 Å². The molecule has 0 atom stereocenters. The van der Waals surface area contributed by atoms with Crippen molar-refractivity contribution in [1.29, 1.82) is 0 Å². The van der Waals surface area contributed by atoms with Crippen LogP contribution in [0, 0.1) is 0 Å². The minimum Gasteiger partial charge on any atom is -0.380 e. The maximum atomic E-state index is 6.18. The summed E-state index contributed by atoms with van der Waals surface area (Å²) in [5.74, 6) is 1.44. The molecule has 1 aromatic rings. The van der Waals surface area contributed by atoms with E-state index in [0.717, 1.165) is 51.5 Å². The van der Waals surface area contributed by atoms with Crippen LogP contribution in [0.2, 0.25) is 5.02 Å². The number of nitrogens with one attached hydrogen (secondary N) is 1. The SMILES string of the molecule is CCCNc1ncc(Cl)c(N2CCCOCC2)n1. The van der Waals surface area contributed by atoms with E-state index in [1.807, 2.05) is 0 Å². The molecule has 1 saturated heterocycles. The molecule has 0 spiro atoms. The van der Waals surface area contributed by atoms with E-state index in [2.05, 4.69) is 27.1 Å². The van der Waals surface area contributed by atoms with E-state index in [1.54, 1.807) is 6.20 Å². The van der Waals surface area contributed by atoms with Crippen LogP contribution in [0.5, 0.6) is 0 Å². The molecule has 0 amide bonds. The van der Waals surface area contributed by atoms with Gasteiger partial charge in [-0.05, 0) is 12.8 Å². The normalized spacial score (nSPS) is 16.4. The van der Waals surface area contributed by atoms with Gasteiger partial charge < -0.3 is 15.0 Å². The van der Waals surface area contributed by atoms with Gasteiger partial charge in [0.25, 0.3) is 0 Å². The van der Waals surface area contributed by atoms with Crippen LogP contribution in [0.15, 0.2) is 6.20 Å². The second-order valence-corrected chi connectivity index (χ2v) is 4.65. The monoisotopic (exact) mass is 270 g/mol. The van der Waals surface area contributed by atoms with Crippen LogP contribution in [0.25, 0.3) is 0 Å². The lowest BCUT2D eigenvalue weighted by Gasteiger charge is -2.22. The molecule has 0 radical (unpaired) electrons. The number of nitrogens with zero attached hydrogens (tertiary/aromatic N) is 3. The predicted molar refractivity (Wildman–Crippen MR) is 73.5 cm³/mol. The van der Waals surface area contributed by atoms with Gasteiger partial charge in [-0.25, -0.2) is 4.98 Å². The Hall–Kier alpha value is -1.07. The Labute approximate surface area is 113 Å². The maximum absolute atomic E-state index is 6.18. The van der Waals surface area contributed by atoms with Gasteiger partial charge in [-0.3, -0.25) is 0 Å². The van der Waals surface area contributed by atoms with Crippen molar-refractivity contribution in [2.75, 3.05) is 43.1 Å². The summed E-state index contributed by atoms with van der Waals surface area (Å²) in [5, 5.41) is 3.77. The molecule has 1 N–H and O–H groups in total. The Bertz CT molecular complexity index is 380. The number of hydrogen-bond donors (Lipinski definition) is 1. The molecule has 0 aromatic carbocycles. The van der Waals surface area contributed by atoms with Crippen molar-refractivity contribution in [2.45, 2.75) is 19.8 Å². The topological polar surface area (TPSA) is 50.3 Å². The van der Waals surface area contributed by atoms with Crippen LogP contribution < -0.4 is 10.2 Å². The average Bonchev–Trinajstić information content (AvgIpc) is 2.66. The van der Waals surface area contributed by atoms with Crippen molar-refractivity contribution in [3.63, 3.8) is 0 Å². The molecule has 0 bridgehead atoms. The van der Waals surface area contributed by atoms with Crippen molar-refractivity contribution in [3.8, 4) is 0 Å². The average molecular weight is 271 g/mol. The van der Waals surface area contributed by atoms with E-state index >= 15 is 0 Å². The van der Waals surface area contributed by atoms with Crippen LogP contribution in [-0.4, -0.2) is 42.8 Å². The van der Waals surface area contributed by atoms with Gasteiger partial charge in [-0.1, -0.05) is 18.5 Å². The molecule has 1 aliphatic heterocycles. The fourth-order valence-electron chi connectivity index (χ4n) is 1.86. The third kappa shape index (κ3) is 3.46. The Morgan fingerprint density at radius 3 is 3.17 bits per heavy atom. The molecule has 1 aliphatic rings. The molecule has 1 fully saturated rings. The van der Waals surface area contributed by atoms with Crippen LogP contribution >= 0.6 is 11.6 Å². The summed E-state index contributed by atoms with van der Waals surface area (Å²) < 4.78 is 5.44. The summed E-state index contributed by atoms with van der Waals surface area (Å²) in [6.07, 6.45) is 3.70. The summed E-state index contributed by atoms with van der Waals surface area (Å²) in [5.41, 5.74) is 0. The van der Waals surface area contributed by atoms with Crippen molar-refractivity contribution >= 4 is 23.4 Å². The van der Waals surface area contributed by atoms with Gasteiger partial charge in [0.15, 0.2) is 5.82 Å². The predicted octanol–water partition coefficient (Wildman–Crippen LogP) is 2.18. The highest BCUT2D eigenvalue weighted by molar-refractivity contribution is 6.32. The lowest BCUT2D eigenvalue weighted by Crippen LogP contribution is -2.27. The van der Waals surface area contributed by atoms with Gasteiger partial charge in [-0.2, -0.15) is 4.98 Å². The first-order valence-corrected chi connectivity index (χ1v) is 6.78. The highest BCUT2D eigenvalue weighted by Gasteiger charge is 2.15. The van der Waals surface area contributed by atoms with E-state index < -0.39 is 0 Å². The van der Waals surface area contributed by atoms with E-state index in [0.29, 0.717) is 11.0 Å². The largest absolute Gasteiger partial charge is 0.380 e. The molecule has 5 nitrogen and oxygen atoms in total. The van der Waals surface area contributed by atoms with Gasteiger partial charge in [0.05, 0.1) is 12.8 Å². The quantitative estimate of drug-likeness (QED) is 0.909. The van der Waals surface area contributed by atoms with E-state index in [-0.39, 0.29) is 0 Å². The van der Waals surface area contributed by atoms with Crippen molar-refractivity contribution in [1.82, 2.24) is 9.97 Å². The highest BCUT2D eigenvalue weighted by Crippen LogP contribution is 2.24. The zero-order chi connectivity index (χ0) is 12.8. The Balaban J connectivity index is 2.13. The third-order valence-electron chi connectivity index (χ3n) is 2.78. The second-order valence-electron chi connectivity index (χ2n) is 4.24. The molecule has 1 aromatic heterocycles. The molecular weight excluding hydrogens is 252 g/mol. The van der Waals surface area contributed by atoms with E-state index in [4.69, 9.17) is 16.3 Å². The number of ether oxygens (including phenoxy) is 1. The summed E-state index contributed by atoms with van der Waals surface area (Å²) in [4.78, 5) is 10.8. The zero-order valence-corrected chi connectivity index (χ0v) is 11.4. The number of hydrogen-bond acceptors (Lipinski definition) is 5. The van der Waals surface area contributed by atoms with Crippen molar-refractivity contribution in [2.24, 2.45) is 0 Å². The summed E-state index contributed by atoms with van der Waals surface area (Å²) in [6.45, 7) is 6.24. The van der Waals surface area contributed by atoms with Crippen LogP contribution in [-0.2, 0) is 4.74 Å². The maximum Gasteiger partial charge on any atom is 0.224 e. The van der Waals surface area contributed by atoms with Crippen molar-refractivity contribution < 1.29 is 4.74 Å². The van der Waals surface area contributed by atoms with E-state index in [1.165, 1.54) is 0 Å². The highest BCUT2D eigenvalue weighted by atomic mass is 35.5. The van der Waals surface area contributed by atoms with Crippen LogP contribution in [0.1, 0.15) is 19.8 Å². The second kappa shape index (κ2) is 6.75. The number of rotatable bonds is 4. The molecule has 2 heterocycles. The molecular formula is C12H19ClN4O. The van der Waals surface area contributed by atoms with Gasteiger partial charge in [-0.15, -0.1) is 0 Å². The van der Waals surface area contributed by atoms with Crippen LogP contribution in [0.3, 0.4) is 0 Å². The molecule has 0 unspecified atom stereocenters. The van der Waals surface area contributed by atoms with Crippen molar-refractivity contribution in [3.05, 3.63) is 11.2 Å². The fraction of sp³-hybridized carbons (Fsp3) is 0.667. The molecule has 6 heteroatoms. The van der Waals surface area contributed by atoms with Gasteiger partial charge in [0.1, 0.15) is 5.02 Å². The summed E-state index contributed by atoms with van der Waals surface area (Å²) >= 11 is 6.18. The number of aromatic nitrogens is 2. The third-order valence-corrected chi connectivity index (χ3v) is 3.05. The first-order chi connectivity index (χ1) is 8.81. The number of halogens is 1. The van der Waals surface area contributed by atoms with E-state index in [9.17, 15) is 0 Å². The molecule has 18 heavy (non-hydrogen) atoms. The van der Waals surface area contributed by atoms with Gasteiger partial charge in [0.2, 0.25) is 5.95 Å². The zero-order valence-electron chi connectivity index (χ0n) is 10.7. The Morgan fingerprint density at radius 1 is 1.44 bits per heavy atom. The molecule has 0 aliphatic carbocycles. The standard InChI is InChI=1S/C12H19ClN4O/c1-2-4-14-12-15-9-10(13)11(16-12)17-5-3-7-18-8-6-17/h9H,2-8H2,1H3,(H,14,15,16). The lowest BCUT2D eigenvalue weighted by molar-refractivity contribution is 0.152. The van der Waals surface area contributed by atoms with Gasteiger partial charge in [0, 0.05) is 26.2 Å². The molecule has 2 rings (SSSR count). The minimum absolute atomic E-state index is 0.596. The Kier molecular flexibility index (Phi) is 5.01. The first-order valence-electron chi connectivity index (χ1n) is 6.40. The van der Waals surface area contributed by atoms with Gasteiger partial charge >= 0.3 is 0 Å².